The molecule has 0 aliphatic carbocycles. The quantitative estimate of drug-likeness (QED) is 0.258. The zero-order valence-corrected chi connectivity index (χ0v) is 14.1. The topological polar surface area (TPSA) is 32.6 Å². The molecule has 1 N–H and O–H groups in total. The van der Waals surface area contributed by atoms with Gasteiger partial charge in [0.2, 0.25) is 5.82 Å². The third kappa shape index (κ3) is 3.40. The normalized spacial score (nSPS) is 11.8. The van der Waals surface area contributed by atoms with Gasteiger partial charge in [0, 0.05) is 11.8 Å². The predicted molar refractivity (Wildman–Crippen MR) is 88.2 cm³/mol. The lowest BCUT2D eigenvalue weighted by Crippen LogP contribution is -2.12. The van der Waals surface area contributed by atoms with E-state index in [1.807, 2.05) is 20.8 Å². The third-order valence-corrected chi connectivity index (χ3v) is 3.68. The average molecular weight is 367 g/mol. The van der Waals surface area contributed by atoms with Gasteiger partial charge in [-0.15, -0.1) is 6.42 Å². The molecule has 26 heavy (non-hydrogen) atoms. The minimum atomic E-state index is -2.27. The van der Waals surface area contributed by atoms with E-state index in [4.69, 9.17) is 6.42 Å². The van der Waals surface area contributed by atoms with Crippen molar-refractivity contribution in [1.82, 2.24) is 0 Å². The first-order valence-corrected chi connectivity index (χ1v) is 7.38. The molecular formula is C19H14F5NO. The van der Waals surface area contributed by atoms with Gasteiger partial charge in [0.1, 0.15) is 11.4 Å². The summed E-state index contributed by atoms with van der Waals surface area (Å²) in [5.74, 6) is -8.75. The minimum absolute atomic E-state index is 0.0192. The van der Waals surface area contributed by atoms with E-state index in [9.17, 15) is 27.1 Å². The molecule has 7 heteroatoms. The fourth-order valence-corrected chi connectivity index (χ4v) is 2.14. The Balaban J connectivity index is 2.65. The molecule has 0 unspecified atom stereocenters. The van der Waals surface area contributed by atoms with Crippen molar-refractivity contribution in [2.75, 3.05) is 0 Å². The first kappa shape index (κ1) is 19.4. The maximum atomic E-state index is 13.7. The van der Waals surface area contributed by atoms with Crippen LogP contribution >= 0.6 is 0 Å². The standard InChI is InChI=1S/C19H14F5NO/c1-5-9-6-11(19(2,3)4)7-10(18(9)26)8-25-17-15(23)13(21)12(20)14(22)16(17)24/h1,6-8,26H,2-4H3. The molecule has 136 valence electrons. The van der Waals surface area contributed by atoms with E-state index in [1.54, 1.807) is 6.07 Å². The van der Waals surface area contributed by atoms with Gasteiger partial charge in [0.05, 0.1) is 5.56 Å². The lowest BCUT2D eigenvalue weighted by molar-refractivity contribution is 0.381. The Hall–Kier alpha value is -2.88. The second kappa shape index (κ2) is 6.79. The summed E-state index contributed by atoms with van der Waals surface area (Å²) in [6.07, 6.45) is 6.12. The van der Waals surface area contributed by atoms with E-state index in [1.165, 1.54) is 6.07 Å². The number of halogens is 5. The van der Waals surface area contributed by atoms with Gasteiger partial charge in [-0.05, 0) is 23.1 Å². The first-order chi connectivity index (χ1) is 12.0. The Bertz CT molecular complexity index is 923. The van der Waals surface area contributed by atoms with Crippen molar-refractivity contribution in [2.45, 2.75) is 26.2 Å². The van der Waals surface area contributed by atoms with Crippen LogP contribution in [-0.2, 0) is 5.41 Å². The molecule has 0 atom stereocenters. The van der Waals surface area contributed by atoms with Crippen molar-refractivity contribution in [1.29, 1.82) is 0 Å². The molecule has 2 aromatic carbocycles. The second-order valence-corrected chi connectivity index (χ2v) is 6.53. The van der Waals surface area contributed by atoms with Gasteiger partial charge >= 0.3 is 0 Å². The van der Waals surface area contributed by atoms with Gasteiger partial charge < -0.3 is 5.11 Å². The maximum absolute atomic E-state index is 13.7. The van der Waals surface area contributed by atoms with Crippen molar-refractivity contribution < 1.29 is 27.1 Å². The lowest BCUT2D eigenvalue weighted by Gasteiger charge is -2.20. The predicted octanol–water partition coefficient (Wildman–Crippen LogP) is 5.12. The number of aromatic hydroxyl groups is 1. The van der Waals surface area contributed by atoms with E-state index >= 15 is 0 Å². The first-order valence-electron chi connectivity index (χ1n) is 7.38. The zero-order valence-electron chi connectivity index (χ0n) is 14.1. The highest BCUT2D eigenvalue weighted by Crippen LogP contribution is 2.32. The molecule has 0 fully saturated rings. The van der Waals surface area contributed by atoms with Crippen molar-refractivity contribution in [3.63, 3.8) is 0 Å². The van der Waals surface area contributed by atoms with Crippen LogP contribution in [0.1, 0.15) is 37.5 Å². The molecule has 0 saturated carbocycles. The number of phenolic OH excluding ortho intramolecular Hbond substituents is 1. The molecule has 0 bridgehead atoms. The van der Waals surface area contributed by atoms with Crippen LogP contribution in [0.25, 0.3) is 0 Å². The van der Waals surface area contributed by atoms with Gasteiger partial charge in [0.25, 0.3) is 0 Å². The van der Waals surface area contributed by atoms with Crippen LogP contribution < -0.4 is 0 Å². The van der Waals surface area contributed by atoms with E-state index in [-0.39, 0.29) is 16.5 Å². The largest absolute Gasteiger partial charge is 0.506 e. The summed E-state index contributed by atoms with van der Waals surface area (Å²) in [6.45, 7) is 5.60. The Morgan fingerprint density at radius 1 is 0.962 bits per heavy atom. The smallest absolute Gasteiger partial charge is 0.200 e. The summed E-state index contributed by atoms with van der Waals surface area (Å²) >= 11 is 0. The lowest BCUT2D eigenvalue weighted by atomic mass is 9.85. The van der Waals surface area contributed by atoms with Crippen LogP contribution in [-0.4, -0.2) is 11.3 Å². The molecule has 0 radical (unpaired) electrons. The average Bonchev–Trinajstić information content (AvgIpc) is 2.58. The van der Waals surface area contributed by atoms with E-state index in [0.717, 1.165) is 6.21 Å². The van der Waals surface area contributed by atoms with E-state index in [2.05, 4.69) is 10.9 Å². The van der Waals surface area contributed by atoms with Gasteiger partial charge in [0.15, 0.2) is 23.3 Å². The fourth-order valence-electron chi connectivity index (χ4n) is 2.14. The highest BCUT2D eigenvalue weighted by atomic mass is 19.2. The van der Waals surface area contributed by atoms with Crippen molar-refractivity contribution >= 4 is 11.9 Å². The number of benzene rings is 2. The summed E-state index contributed by atoms with van der Waals surface area (Å²) in [4.78, 5) is 3.35. The fraction of sp³-hybridized carbons (Fsp3) is 0.211. The third-order valence-electron chi connectivity index (χ3n) is 3.68. The molecule has 0 saturated heterocycles. The molecule has 2 aromatic rings. The number of nitrogens with zero attached hydrogens (tertiary/aromatic N) is 1. The molecule has 2 nitrogen and oxygen atoms in total. The second-order valence-electron chi connectivity index (χ2n) is 6.53. The van der Waals surface area contributed by atoms with Gasteiger partial charge in [-0.25, -0.2) is 26.9 Å². The van der Waals surface area contributed by atoms with Crippen molar-refractivity contribution in [2.24, 2.45) is 4.99 Å². The number of hydrogen-bond donors (Lipinski definition) is 1. The molecule has 0 aliphatic heterocycles. The van der Waals surface area contributed by atoms with Crippen LogP contribution in [0, 0.1) is 41.4 Å². The van der Waals surface area contributed by atoms with E-state index in [0.29, 0.717) is 5.56 Å². The summed E-state index contributed by atoms with van der Waals surface area (Å²) < 4.78 is 66.9. The van der Waals surface area contributed by atoms with Crippen LogP contribution in [0.4, 0.5) is 27.6 Å². The number of rotatable bonds is 2. The number of hydrogen-bond acceptors (Lipinski definition) is 2. The van der Waals surface area contributed by atoms with Gasteiger partial charge in [-0.1, -0.05) is 26.7 Å². The molecule has 2 rings (SSSR count). The monoisotopic (exact) mass is 367 g/mol. The van der Waals surface area contributed by atoms with Crippen LogP contribution in [0.5, 0.6) is 5.75 Å². The summed E-state index contributed by atoms with van der Waals surface area (Å²) in [5.41, 5.74) is -0.969. The molecular weight excluding hydrogens is 353 g/mol. The molecule has 0 amide bonds. The van der Waals surface area contributed by atoms with Crippen molar-refractivity contribution in [3.05, 3.63) is 57.9 Å². The number of terminal acetylenes is 1. The minimum Gasteiger partial charge on any atom is -0.506 e. The molecule has 0 heterocycles. The molecule has 0 aliphatic rings. The van der Waals surface area contributed by atoms with E-state index < -0.39 is 40.5 Å². The number of phenols is 1. The Morgan fingerprint density at radius 2 is 1.46 bits per heavy atom. The van der Waals surface area contributed by atoms with Gasteiger partial charge in [-0.2, -0.15) is 0 Å². The Kier molecular flexibility index (Phi) is 5.08. The summed E-state index contributed by atoms with van der Waals surface area (Å²) in [5, 5.41) is 10.1. The molecule has 0 spiro atoms. The number of aliphatic imine (C=N–C) groups is 1. The highest BCUT2D eigenvalue weighted by Gasteiger charge is 2.25. The summed E-state index contributed by atoms with van der Waals surface area (Å²) in [7, 11) is 0. The van der Waals surface area contributed by atoms with Crippen molar-refractivity contribution in [3.8, 4) is 18.1 Å². The van der Waals surface area contributed by atoms with Gasteiger partial charge in [-0.3, -0.25) is 0 Å². The molecule has 0 aromatic heterocycles. The zero-order chi connectivity index (χ0) is 19.8. The maximum Gasteiger partial charge on any atom is 0.200 e. The van der Waals surface area contributed by atoms with Crippen LogP contribution in [0.2, 0.25) is 0 Å². The highest BCUT2D eigenvalue weighted by molar-refractivity contribution is 5.87. The summed E-state index contributed by atoms with van der Waals surface area (Å²) in [6, 6.07) is 3.02. The Morgan fingerprint density at radius 3 is 1.92 bits per heavy atom. The Labute approximate surface area is 147 Å². The van der Waals surface area contributed by atoms with Crippen LogP contribution in [0.3, 0.4) is 0 Å². The SMILES string of the molecule is C#Cc1cc(C(C)(C)C)cc(C=Nc2c(F)c(F)c(F)c(F)c2F)c1O. The van der Waals surface area contributed by atoms with Crippen LogP contribution in [0.15, 0.2) is 17.1 Å².